The first-order chi connectivity index (χ1) is 24.8. The van der Waals surface area contributed by atoms with Gasteiger partial charge in [-0.25, -0.2) is 8.78 Å². The molecule has 2 aromatic carbocycles. The lowest BCUT2D eigenvalue weighted by molar-refractivity contribution is -0.153. The second-order valence-electron chi connectivity index (χ2n) is 14.4. The van der Waals surface area contributed by atoms with E-state index in [1.165, 1.54) is 17.0 Å². The van der Waals surface area contributed by atoms with Crippen molar-refractivity contribution in [1.82, 2.24) is 19.8 Å². The van der Waals surface area contributed by atoms with E-state index in [1.807, 2.05) is 4.90 Å². The van der Waals surface area contributed by atoms with E-state index in [1.54, 1.807) is 13.2 Å². The number of methoxy groups -OCH3 is 1. The Hall–Kier alpha value is -4.24. The van der Waals surface area contributed by atoms with Crippen LogP contribution in [-0.2, 0) is 9.53 Å². The van der Waals surface area contributed by atoms with E-state index in [9.17, 15) is 27.5 Å². The first kappa shape index (κ1) is 36.1. The fourth-order valence-corrected chi connectivity index (χ4v) is 7.75. The third-order valence-corrected chi connectivity index (χ3v) is 10.7. The maximum Gasteiger partial charge on any atom is 0.422 e. The summed E-state index contributed by atoms with van der Waals surface area (Å²) in [6.45, 7) is 6.13. The number of phenols is 1. The Morgan fingerprint density at radius 2 is 1.77 bits per heavy atom. The second kappa shape index (κ2) is 14.3. The van der Waals surface area contributed by atoms with Crippen LogP contribution < -0.4 is 14.4 Å². The molecular weight excluding hydrogens is 689 g/mol. The lowest BCUT2D eigenvalue weighted by atomic mass is 9.72. The van der Waals surface area contributed by atoms with Crippen LogP contribution in [0.5, 0.6) is 17.5 Å². The van der Waals surface area contributed by atoms with Gasteiger partial charge in [-0.05, 0) is 68.2 Å². The first-order valence-electron chi connectivity index (χ1n) is 17.7. The summed E-state index contributed by atoms with van der Waals surface area (Å²) in [5, 5.41) is 11.3. The molecule has 280 valence electrons. The molecule has 1 amide bonds. The molecule has 3 saturated heterocycles. The number of hydrogen-bond acceptors (Lipinski definition) is 9. The molecule has 0 radical (unpaired) electrons. The number of fused-ring (bicyclic) bond motifs is 1. The topological polar surface area (TPSA) is 100 Å². The van der Waals surface area contributed by atoms with E-state index in [0.29, 0.717) is 75.2 Å². The highest BCUT2D eigenvalue weighted by Crippen LogP contribution is 2.53. The van der Waals surface area contributed by atoms with Crippen molar-refractivity contribution >= 4 is 22.6 Å². The zero-order chi connectivity index (χ0) is 36.8. The van der Waals surface area contributed by atoms with Crippen molar-refractivity contribution in [1.29, 1.82) is 0 Å². The van der Waals surface area contributed by atoms with Crippen LogP contribution in [0.2, 0.25) is 0 Å². The fourth-order valence-electron chi connectivity index (χ4n) is 7.75. The molecule has 3 aromatic rings. The van der Waals surface area contributed by atoms with Crippen molar-refractivity contribution in [2.45, 2.75) is 56.7 Å². The lowest BCUT2D eigenvalue weighted by Crippen LogP contribution is -2.62. The number of alkyl halides is 3. The number of aromatic hydroxyl groups is 1. The van der Waals surface area contributed by atoms with Gasteiger partial charge in [-0.2, -0.15) is 23.1 Å². The first-order valence-corrected chi connectivity index (χ1v) is 17.7. The minimum Gasteiger partial charge on any atom is -0.507 e. The van der Waals surface area contributed by atoms with Gasteiger partial charge in [-0.3, -0.25) is 4.79 Å². The Labute approximate surface area is 298 Å². The fraction of sp³-hybridized carbons (Fsp3) is 0.541. The van der Waals surface area contributed by atoms with Crippen LogP contribution in [0.4, 0.5) is 27.8 Å². The summed E-state index contributed by atoms with van der Waals surface area (Å²) in [4.78, 5) is 27.4. The molecule has 4 heterocycles. The average molecular weight is 732 g/mol. The summed E-state index contributed by atoms with van der Waals surface area (Å²) < 4.78 is 87.8. The molecular formula is C37H42F5N5O5. The third kappa shape index (κ3) is 7.47. The Kier molecular flexibility index (Phi) is 9.93. The van der Waals surface area contributed by atoms with Crippen LogP contribution in [0.15, 0.2) is 36.7 Å². The van der Waals surface area contributed by atoms with E-state index in [2.05, 4.69) is 16.5 Å². The quantitative estimate of drug-likeness (QED) is 0.178. The number of carbonyl (C=O) groups excluding carboxylic acids is 1. The Bertz CT molecular complexity index is 1810. The number of benzene rings is 2. The van der Waals surface area contributed by atoms with Gasteiger partial charge in [0, 0.05) is 69.3 Å². The average Bonchev–Trinajstić information content (AvgIpc) is 3.94. The van der Waals surface area contributed by atoms with Gasteiger partial charge >= 0.3 is 12.2 Å². The van der Waals surface area contributed by atoms with Gasteiger partial charge in [-0.15, -0.1) is 0 Å². The lowest BCUT2D eigenvalue weighted by Gasteiger charge is -2.54. The number of ether oxygens (including phenoxy) is 3. The number of hydrogen-bond donors (Lipinski definition) is 1. The number of phenolic OH excluding ortho intramolecular Hbond substituents is 1. The molecule has 1 aliphatic carbocycles. The molecule has 1 spiro atoms. The van der Waals surface area contributed by atoms with Crippen LogP contribution >= 0.6 is 0 Å². The molecule has 0 bridgehead atoms. The SMILES string of the molecule is C=C(F)C(=O)N1CC2(CCN(c3nc(OC4CCN(CCOC)CC4)nc4c(OCC(F)(F)F)c(-c5c(O)cccc5F)c(C5CC5)cc34)CC2)C1. The van der Waals surface area contributed by atoms with E-state index in [-0.39, 0.29) is 45.8 Å². The molecule has 1 aromatic heterocycles. The summed E-state index contributed by atoms with van der Waals surface area (Å²) in [5.74, 6) is -2.91. The highest BCUT2D eigenvalue weighted by Gasteiger charge is 2.47. The molecule has 10 nitrogen and oxygen atoms in total. The number of anilines is 1. The molecule has 4 fully saturated rings. The molecule has 1 saturated carbocycles. The summed E-state index contributed by atoms with van der Waals surface area (Å²) in [5.41, 5.74) is 0.139. The standard InChI is InChI=1S/C37H42F5N5O5/c1-22(38)34(49)47-19-36(20-47)10-14-46(15-11-36)33-26-18-25(23-6-7-23)29(30-27(39)4-3-5-28(30)48)32(51-21-37(40,41)42)31(26)43-35(44-33)52-24-8-12-45(13-9-24)16-17-50-2/h3-5,18,23-24,48H,1,6-17,19-21H2,2H3. The molecule has 7 rings (SSSR count). The van der Waals surface area contributed by atoms with E-state index in [0.717, 1.165) is 38.5 Å². The van der Waals surface area contributed by atoms with E-state index >= 15 is 4.39 Å². The van der Waals surface area contributed by atoms with Crippen LogP contribution in [-0.4, -0.2) is 109 Å². The highest BCUT2D eigenvalue weighted by atomic mass is 19.4. The number of rotatable bonds is 11. The minimum absolute atomic E-state index is 0.0194. The number of halogens is 5. The summed E-state index contributed by atoms with van der Waals surface area (Å²) >= 11 is 0. The Morgan fingerprint density at radius 1 is 1.06 bits per heavy atom. The van der Waals surface area contributed by atoms with Crippen molar-refractivity contribution in [3.63, 3.8) is 0 Å². The molecule has 4 aliphatic rings. The van der Waals surface area contributed by atoms with Crippen molar-refractivity contribution in [3.8, 4) is 28.6 Å². The van der Waals surface area contributed by atoms with Crippen molar-refractivity contribution < 1.29 is 46.1 Å². The van der Waals surface area contributed by atoms with Gasteiger partial charge in [0.25, 0.3) is 5.91 Å². The molecule has 0 atom stereocenters. The normalized spacial score (nSPS) is 19.6. The van der Waals surface area contributed by atoms with Gasteiger partial charge in [0.05, 0.1) is 12.2 Å². The molecule has 0 unspecified atom stereocenters. The molecule has 1 N–H and O–H groups in total. The van der Waals surface area contributed by atoms with Crippen LogP contribution in [0, 0.1) is 11.2 Å². The van der Waals surface area contributed by atoms with Gasteiger partial charge < -0.3 is 34.0 Å². The molecule has 52 heavy (non-hydrogen) atoms. The van der Waals surface area contributed by atoms with Crippen LogP contribution in [0.3, 0.4) is 0 Å². The Balaban J connectivity index is 1.31. The maximum absolute atomic E-state index is 15.6. The van der Waals surface area contributed by atoms with Crippen LogP contribution in [0.1, 0.15) is 50.0 Å². The molecule has 15 heteroatoms. The number of nitrogens with zero attached hydrogens (tertiary/aromatic N) is 5. The zero-order valence-corrected chi connectivity index (χ0v) is 29.0. The smallest absolute Gasteiger partial charge is 0.422 e. The van der Waals surface area contributed by atoms with E-state index in [4.69, 9.17) is 19.2 Å². The number of aromatic nitrogens is 2. The largest absolute Gasteiger partial charge is 0.507 e. The molecule has 3 aliphatic heterocycles. The summed E-state index contributed by atoms with van der Waals surface area (Å²) in [6.07, 6.45) is -0.900. The maximum atomic E-state index is 15.6. The zero-order valence-electron chi connectivity index (χ0n) is 29.0. The van der Waals surface area contributed by atoms with Crippen molar-refractivity contribution in [2.24, 2.45) is 5.41 Å². The predicted molar refractivity (Wildman–Crippen MR) is 183 cm³/mol. The van der Waals surface area contributed by atoms with E-state index < -0.39 is 36.1 Å². The number of likely N-dealkylation sites (tertiary alicyclic amines) is 2. The monoisotopic (exact) mass is 731 g/mol. The number of piperidine rings is 2. The van der Waals surface area contributed by atoms with Gasteiger partial charge in [0.15, 0.2) is 18.2 Å². The third-order valence-electron chi connectivity index (χ3n) is 10.7. The summed E-state index contributed by atoms with van der Waals surface area (Å²) in [7, 11) is 1.65. The van der Waals surface area contributed by atoms with Crippen molar-refractivity contribution in [2.75, 3.05) is 71.0 Å². The van der Waals surface area contributed by atoms with Gasteiger partial charge in [0.1, 0.15) is 29.0 Å². The predicted octanol–water partition coefficient (Wildman–Crippen LogP) is 6.36. The number of amides is 1. The Morgan fingerprint density at radius 3 is 2.38 bits per heavy atom. The minimum atomic E-state index is -4.73. The van der Waals surface area contributed by atoms with Crippen molar-refractivity contribution in [3.05, 3.63) is 48.1 Å². The van der Waals surface area contributed by atoms with Crippen LogP contribution in [0.25, 0.3) is 22.0 Å². The number of carbonyl (C=O) groups is 1. The second-order valence-corrected chi connectivity index (χ2v) is 14.4. The van der Waals surface area contributed by atoms with Gasteiger partial charge in [-0.1, -0.05) is 12.6 Å². The highest BCUT2D eigenvalue weighted by molar-refractivity contribution is 6.01. The van der Waals surface area contributed by atoms with Gasteiger partial charge in [0.2, 0.25) is 0 Å². The summed E-state index contributed by atoms with van der Waals surface area (Å²) in [6, 6.07) is 5.50.